The lowest BCUT2D eigenvalue weighted by Crippen LogP contribution is -2.59. The second kappa shape index (κ2) is 6.20. The summed E-state index contributed by atoms with van der Waals surface area (Å²) in [5.74, 6) is -0.295. The van der Waals surface area contributed by atoms with Crippen molar-refractivity contribution in [3.05, 3.63) is 0 Å². The second-order valence-electron chi connectivity index (χ2n) is 6.25. The van der Waals surface area contributed by atoms with Gasteiger partial charge in [-0.1, -0.05) is 13.8 Å². The summed E-state index contributed by atoms with van der Waals surface area (Å²) in [4.78, 5) is 16.3. The summed E-state index contributed by atoms with van der Waals surface area (Å²) in [5.41, 5.74) is -1.30. The number of carbonyl (C=O) groups is 1. The van der Waals surface area contributed by atoms with Gasteiger partial charge in [0.2, 0.25) is 0 Å². The number of nitrogens with zero attached hydrogens (tertiary/aromatic N) is 2. The van der Waals surface area contributed by atoms with Crippen LogP contribution in [0.3, 0.4) is 0 Å². The average molecular weight is 272 g/mol. The minimum atomic E-state index is -1.30. The van der Waals surface area contributed by atoms with E-state index in [9.17, 15) is 15.0 Å². The normalized spacial score (nSPS) is 26.3. The van der Waals surface area contributed by atoms with Gasteiger partial charge in [0.15, 0.2) is 0 Å². The molecule has 112 valence electrons. The standard InChI is InChI=1S/C14H28N2O3/c1-10(2)14(5,19)13(18)16-7-6-15(9-12(4)17)11(3)8-16/h10-12,17,19H,6-9H2,1-5H3. The van der Waals surface area contributed by atoms with Crippen LogP contribution < -0.4 is 0 Å². The molecule has 2 N–H and O–H groups in total. The topological polar surface area (TPSA) is 64.0 Å². The van der Waals surface area contributed by atoms with Crippen LogP contribution in [0, 0.1) is 5.92 Å². The molecule has 0 aliphatic carbocycles. The van der Waals surface area contributed by atoms with Gasteiger partial charge in [-0.15, -0.1) is 0 Å². The first kappa shape index (κ1) is 16.4. The van der Waals surface area contributed by atoms with Gasteiger partial charge >= 0.3 is 0 Å². The largest absolute Gasteiger partial charge is 0.392 e. The van der Waals surface area contributed by atoms with E-state index < -0.39 is 5.60 Å². The third-order valence-electron chi connectivity index (χ3n) is 4.11. The van der Waals surface area contributed by atoms with Crippen LogP contribution in [0.1, 0.15) is 34.6 Å². The minimum Gasteiger partial charge on any atom is -0.392 e. The van der Waals surface area contributed by atoms with Crippen molar-refractivity contribution in [1.29, 1.82) is 0 Å². The van der Waals surface area contributed by atoms with Gasteiger partial charge in [0.05, 0.1) is 6.10 Å². The molecular formula is C14H28N2O3. The predicted octanol–water partition coefficient (Wildman–Crippen LogP) is 0.307. The molecule has 0 spiro atoms. The lowest BCUT2D eigenvalue weighted by molar-refractivity contribution is -0.157. The van der Waals surface area contributed by atoms with Gasteiger partial charge in [-0.25, -0.2) is 0 Å². The molecule has 0 saturated carbocycles. The van der Waals surface area contributed by atoms with Gasteiger partial charge in [0, 0.05) is 32.2 Å². The van der Waals surface area contributed by atoms with Gasteiger partial charge in [-0.05, 0) is 26.7 Å². The van der Waals surface area contributed by atoms with Crippen LogP contribution >= 0.6 is 0 Å². The maximum Gasteiger partial charge on any atom is 0.254 e. The maximum atomic E-state index is 12.3. The molecule has 5 heteroatoms. The highest BCUT2D eigenvalue weighted by Crippen LogP contribution is 2.21. The van der Waals surface area contributed by atoms with Gasteiger partial charge in [-0.2, -0.15) is 0 Å². The van der Waals surface area contributed by atoms with Crippen molar-refractivity contribution < 1.29 is 15.0 Å². The van der Waals surface area contributed by atoms with Crippen molar-refractivity contribution >= 4 is 5.91 Å². The molecule has 5 nitrogen and oxygen atoms in total. The molecule has 0 bridgehead atoms. The van der Waals surface area contributed by atoms with Crippen molar-refractivity contribution in [1.82, 2.24) is 9.80 Å². The summed E-state index contributed by atoms with van der Waals surface area (Å²) in [6, 6.07) is 0.204. The Morgan fingerprint density at radius 3 is 2.37 bits per heavy atom. The average Bonchev–Trinajstić information content (AvgIpc) is 2.30. The molecule has 3 atom stereocenters. The van der Waals surface area contributed by atoms with E-state index in [0.717, 1.165) is 6.54 Å². The number of aliphatic hydroxyl groups excluding tert-OH is 1. The highest BCUT2D eigenvalue weighted by molar-refractivity contribution is 5.85. The van der Waals surface area contributed by atoms with Gasteiger partial charge in [0.1, 0.15) is 5.60 Å². The molecular weight excluding hydrogens is 244 g/mol. The lowest BCUT2D eigenvalue weighted by Gasteiger charge is -2.43. The summed E-state index contributed by atoms with van der Waals surface area (Å²) < 4.78 is 0. The van der Waals surface area contributed by atoms with Gasteiger partial charge in [0.25, 0.3) is 5.91 Å². The van der Waals surface area contributed by atoms with E-state index in [0.29, 0.717) is 19.6 Å². The Morgan fingerprint density at radius 2 is 1.95 bits per heavy atom. The van der Waals surface area contributed by atoms with Crippen LogP contribution in [0.2, 0.25) is 0 Å². The first-order valence-corrected chi connectivity index (χ1v) is 7.10. The van der Waals surface area contributed by atoms with Crippen LogP contribution in [0.15, 0.2) is 0 Å². The molecule has 0 aromatic carbocycles. The van der Waals surface area contributed by atoms with Crippen LogP contribution in [0.5, 0.6) is 0 Å². The number of rotatable bonds is 4. The van der Waals surface area contributed by atoms with Crippen molar-refractivity contribution in [2.75, 3.05) is 26.2 Å². The minimum absolute atomic E-state index is 0.106. The zero-order valence-electron chi connectivity index (χ0n) is 12.8. The Balaban J connectivity index is 2.63. The van der Waals surface area contributed by atoms with Crippen LogP contribution in [-0.4, -0.2) is 69.8 Å². The van der Waals surface area contributed by atoms with Crippen molar-refractivity contribution in [3.8, 4) is 0 Å². The summed E-state index contributed by atoms with van der Waals surface area (Å²) in [5, 5.41) is 19.7. The summed E-state index contributed by atoms with van der Waals surface area (Å²) in [7, 11) is 0. The number of β-amino-alcohol motifs (C(OH)–C–C–N with tert-alkyl or cyclic N) is 1. The predicted molar refractivity (Wildman–Crippen MR) is 74.8 cm³/mol. The second-order valence-corrected chi connectivity index (χ2v) is 6.25. The van der Waals surface area contributed by atoms with E-state index in [2.05, 4.69) is 4.90 Å². The molecule has 1 rings (SSSR count). The molecule has 1 amide bonds. The Bertz CT molecular complexity index is 316. The molecule has 1 heterocycles. The summed E-state index contributed by atoms with van der Waals surface area (Å²) >= 11 is 0. The summed E-state index contributed by atoms with van der Waals surface area (Å²) in [6.07, 6.45) is -0.358. The van der Waals surface area contributed by atoms with E-state index >= 15 is 0 Å². The number of aliphatic hydroxyl groups is 2. The highest BCUT2D eigenvalue weighted by atomic mass is 16.3. The molecule has 1 saturated heterocycles. The molecule has 3 unspecified atom stereocenters. The Labute approximate surface area is 116 Å². The Kier molecular flexibility index (Phi) is 5.35. The Hall–Kier alpha value is -0.650. The van der Waals surface area contributed by atoms with Crippen molar-refractivity contribution in [2.24, 2.45) is 5.92 Å². The van der Waals surface area contributed by atoms with E-state index in [1.807, 2.05) is 20.8 Å². The van der Waals surface area contributed by atoms with Crippen LogP contribution in [-0.2, 0) is 4.79 Å². The van der Waals surface area contributed by atoms with Crippen molar-refractivity contribution in [2.45, 2.75) is 52.4 Å². The van der Waals surface area contributed by atoms with E-state index in [1.54, 1.807) is 18.7 Å². The zero-order chi connectivity index (χ0) is 14.8. The fourth-order valence-electron chi connectivity index (χ4n) is 2.36. The molecule has 1 aliphatic rings. The maximum absolute atomic E-state index is 12.3. The monoisotopic (exact) mass is 272 g/mol. The Morgan fingerprint density at radius 1 is 1.37 bits per heavy atom. The zero-order valence-corrected chi connectivity index (χ0v) is 12.8. The fourth-order valence-corrected chi connectivity index (χ4v) is 2.36. The van der Waals surface area contributed by atoms with Gasteiger partial charge < -0.3 is 15.1 Å². The van der Waals surface area contributed by atoms with E-state index in [1.165, 1.54) is 0 Å². The molecule has 0 aromatic rings. The fraction of sp³-hybridized carbons (Fsp3) is 0.929. The molecule has 19 heavy (non-hydrogen) atoms. The SMILES string of the molecule is CC(O)CN1CCN(C(=O)C(C)(O)C(C)C)CC1C. The molecule has 1 fully saturated rings. The number of amides is 1. The smallest absolute Gasteiger partial charge is 0.254 e. The van der Waals surface area contributed by atoms with Gasteiger partial charge in [-0.3, -0.25) is 9.69 Å². The third-order valence-corrected chi connectivity index (χ3v) is 4.11. The number of hydrogen-bond acceptors (Lipinski definition) is 4. The number of hydrogen-bond donors (Lipinski definition) is 2. The first-order chi connectivity index (χ1) is 8.66. The molecule has 0 aromatic heterocycles. The summed E-state index contributed by atoms with van der Waals surface area (Å²) in [6.45, 7) is 11.7. The quantitative estimate of drug-likeness (QED) is 0.773. The lowest BCUT2D eigenvalue weighted by atomic mass is 9.90. The highest BCUT2D eigenvalue weighted by Gasteiger charge is 2.39. The van der Waals surface area contributed by atoms with Crippen LogP contribution in [0.4, 0.5) is 0 Å². The molecule has 0 radical (unpaired) electrons. The number of carbonyl (C=O) groups excluding carboxylic acids is 1. The van der Waals surface area contributed by atoms with Crippen LogP contribution in [0.25, 0.3) is 0 Å². The van der Waals surface area contributed by atoms with E-state index in [-0.39, 0.29) is 24.0 Å². The van der Waals surface area contributed by atoms with E-state index in [4.69, 9.17) is 0 Å². The third kappa shape index (κ3) is 3.91. The number of piperazine rings is 1. The molecule has 1 aliphatic heterocycles. The first-order valence-electron chi connectivity index (χ1n) is 7.10. The van der Waals surface area contributed by atoms with Crippen molar-refractivity contribution in [3.63, 3.8) is 0 Å².